The first kappa shape index (κ1) is 12.9. The Morgan fingerprint density at radius 2 is 1.75 bits per heavy atom. The fourth-order valence-corrected chi connectivity index (χ4v) is 2.89. The first-order valence-electron chi connectivity index (χ1n) is 7.01. The quantitative estimate of drug-likeness (QED) is 0.770. The first-order chi connectivity index (χ1) is 9.70. The third-order valence-electron chi connectivity index (χ3n) is 4.02. The van der Waals surface area contributed by atoms with E-state index in [2.05, 4.69) is 73.3 Å². The topological polar surface area (TPSA) is 30.9 Å². The van der Waals surface area contributed by atoms with Gasteiger partial charge in [-0.25, -0.2) is 0 Å². The summed E-state index contributed by atoms with van der Waals surface area (Å²) < 4.78 is 2.18. The average Bonchev–Trinajstić information content (AvgIpc) is 2.80. The van der Waals surface area contributed by atoms with Gasteiger partial charge < -0.3 is 10.3 Å². The van der Waals surface area contributed by atoms with E-state index in [1.807, 2.05) is 0 Å². The highest BCUT2D eigenvalue weighted by molar-refractivity contribution is 5.85. The maximum atomic E-state index is 6.07. The Morgan fingerprint density at radius 1 is 1.05 bits per heavy atom. The second-order valence-electron chi connectivity index (χ2n) is 5.41. The van der Waals surface area contributed by atoms with E-state index in [-0.39, 0.29) is 5.92 Å². The van der Waals surface area contributed by atoms with Crippen molar-refractivity contribution in [2.24, 2.45) is 12.8 Å². The third kappa shape index (κ3) is 2.12. The molecule has 2 nitrogen and oxygen atoms in total. The molecule has 0 radical (unpaired) electrons. The Kier molecular flexibility index (Phi) is 3.33. The van der Waals surface area contributed by atoms with Gasteiger partial charge >= 0.3 is 0 Å². The van der Waals surface area contributed by atoms with Gasteiger partial charge in [0.25, 0.3) is 0 Å². The monoisotopic (exact) mass is 264 g/mol. The van der Waals surface area contributed by atoms with Gasteiger partial charge in [-0.1, -0.05) is 48.0 Å². The lowest BCUT2D eigenvalue weighted by atomic mass is 9.90. The Morgan fingerprint density at radius 3 is 2.45 bits per heavy atom. The fraction of sp³-hybridized carbons (Fsp3) is 0.222. The number of nitrogens with zero attached hydrogens (tertiary/aromatic N) is 1. The van der Waals surface area contributed by atoms with Crippen LogP contribution in [0.1, 0.15) is 22.6 Å². The molecular formula is C18H20N2. The summed E-state index contributed by atoms with van der Waals surface area (Å²) in [5.74, 6) is 0.252. The van der Waals surface area contributed by atoms with E-state index < -0.39 is 0 Å². The van der Waals surface area contributed by atoms with E-state index in [9.17, 15) is 0 Å². The summed E-state index contributed by atoms with van der Waals surface area (Å²) in [6, 6.07) is 17.2. The van der Waals surface area contributed by atoms with Crippen LogP contribution in [0.25, 0.3) is 10.9 Å². The van der Waals surface area contributed by atoms with Crippen molar-refractivity contribution in [1.82, 2.24) is 4.57 Å². The minimum Gasteiger partial charge on any atom is -0.350 e. The fourth-order valence-electron chi connectivity index (χ4n) is 2.89. The van der Waals surface area contributed by atoms with Crippen LogP contribution in [0.3, 0.4) is 0 Å². The summed E-state index contributed by atoms with van der Waals surface area (Å²) in [6.07, 6.45) is 2.21. The Balaban J connectivity index is 2.14. The van der Waals surface area contributed by atoms with Crippen LogP contribution in [0.5, 0.6) is 0 Å². The molecule has 0 amide bonds. The molecule has 20 heavy (non-hydrogen) atoms. The lowest BCUT2D eigenvalue weighted by molar-refractivity contribution is 0.816. The van der Waals surface area contributed by atoms with Gasteiger partial charge in [0.05, 0.1) is 0 Å². The lowest BCUT2D eigenvalue weighted by Gasteiger charge is -2.15. The van der Waals surface area contributed by atoms with E-state index in [1.165, 1.54) is 27.6 Å². The van der Waals surface area contributed by atoms with E-state index in [4.69, 9.17) is 5.73 Å². The van der Waals surface area contributed by atoms with Gasteiger partial charge in [0.2, 0.25) is 0 Å². The minimum atomic E-state index is 0.252. The van der Waals surface area contributed by atoms with Crippen molar-refractivity contribution in [3.8, 4) is 0 Å². The maximum absolute atomic E-state index is 6.07. The number of benzene rings is 2. The van der Waals surface area contributed by atoms with Crippen molar-refractivity contribution in [3.05, 3.63) is 71.4 Å². The highest BCUT2D eigenvalue weighted by Gasteiger charge is 2.17. The number of aryl methyl sites for hydroxylation is 2. The molecule has 3 aromatic rings. The van der Waals surface area contributed by atoms with Gasteiger partial charge in [-0.15, -0.1) is 0 Å². The molecular weight excluding hydrogens is 244 g/mol. The summed E-state index contributed by atoms with van der Waals surface area (Å²) in [4.78, 5) is 0. The molecule has 0 bridgehead atoms. The third-order valence-corrected chi connectivity index (χ3v) is 4.02. The van der Waals surface area contributed by atoms with Crippen molar-refractivity contribution in [2.45, 2.75) is 12.8 Å². The number of nitrogens with two attached hydrogens (primary N) is 1. The van der Waals surface area contributed by atoms with Crippen LogP contribution in [-0.2, 0) is 7.05 Å². The van der Waals surface area contributed by atoms with E-state index in [0.29, 0.717) is 6.54 Å². The van der Waals surface area contributed by atoms with Gasteiger partial charge in [0.1, 0.15) is 0 Å². The van der Waals surface area contributed by atoms with Crippen LogP contribution in [0.2, 0.25) is 0 Å². The Hall–Kier alpha value is -2.06. The second kappa shape index (κ2) is 5.14. The number of para-hydroxylation sites is 1. The zero-order valence-corrected chi connectivity index (χ0v) is 12.0. The van der Waals surface area contributed by atoms with Crippen LogP contribution in [0.4, 0.5) is 0 Å². The molecule has 2 N–H and O–H groups in total. The molecule has 1 aromatic heterocycles. The molecule has 3 rings (SSSR count). The van der Waals surface area contributed by atoms with Crippen LogP contribution in [-0.4, -0.2) is 11.1 Å². The number of hydrogen-bond donors (Lipinski definition) is 1. The van der Waals surface area contributed by atoms with Crippen LogP contribution < -0.4 is 5.73 Å². The predicted molar refractivity (Wildman–Crippen MR) is 85.0 cm³/mol. The van der Waals surface area contributed by atoms with Gasteiger partial charge in [-0.3, -0.25) is 0 Å². The number of rotatable bonds is 3. The van der Waals surface area contributed by atoms with Crippen molar-refractivity contribution >= 4 is 10.9 Å². The Bertz CT molecular complexity index is 723. The molecule has 2 heteroatoms. The molecule has 0 aliphatic heterocycles. The minimum absolute atomic E-state index is 0.252. The predicted octanol–water partition coefficient (Wildman–Crippen LogP) is 3.58. The molecule has 1 heterocycles. The molecule has 0 aliphatic carbocycles. The number of hydrogen-bond acceptors (Lipinski definition) is 1. The van der Waals surface area contributed by atoms with Crippen LogP contribution in [0.15, 0.2) is 54.7 Å². The molecule has 102 valence electrons. The molecule has 1 atom stereocenters. The molecule has 0 fully saturated rings. The van der Waals surface area contributed by atoms with Crippen LogP contribution >= 0.6 is 0 Å². The summed E-state index contributed by atoms with van der Waals surface area (Å²) in [5, 5.41) is 1.30. The largest absolute Gasteiger partial charge is 0.350 e. The average molecular weight is 264 g/mol. The van der Waals surface area contributed by atoms with Crippen molar-refractivity contribution in [1.29, 1.82) is 0 Å². The van der Waals surface area contributed by atoms with Gasteiger partial charge in [-0.05, 0) is 24.1 Å². The molecule has 0 saturated heterocycles. The second-order valence-corrected chi connectivity index (χ2v) is 5.41. The highest BCUT2D eigenvalue weighted by atomic mass is 14.9. The van der Waals surface area contributed by atoms with Gasteiger partial charge in [-0.2, -0.15) is 0 Å². The number of fused-ring (bicyclic) bond motifs is 1. The smallest absolute Gasteiger partial charge is 0.0480 e. The highest BCUT2D eigenvalue weighted by Crippen LogP contribution is 2.31. The normalized spacial score (nSPS) is 12.8. The molecule has 2 aromatic carbocycles. The van der Waals surface area contributed by atoms with E-state index in [0.717, 1.165) is 0 Å². The number of aromatic nitrogens is 1. The zero-order chi connectivity index (χ0) is 14.1. The molecule has 0 saturated carbocycles. The zero-order valence-electron chi connectivity index (χ0n) is 12.0. The summed E-state index contributed by atoms with van der Waals surface area (Å²) in [5.41, 5.74) is 11.2. The molecule has 0 aliphatic rings. The summed E-state index contributed by atoms with van der Waals surface area (Å²) in [7, 11) is 2.09. The standard InChI is InChI=1S/C18H20N2/c1-13-7-9-14(10-8-13)16(11-19)17-12-20(2)18-6-4-3-5-15(17)18/h3-10,12,16H,11,19H2,1-2H3. The van der Waals surface area contributed by atoms with Gasteiger partial charge in [0, 0.05) is 36.6 Å². The van der Waals surface area contributed by atoms with E-state index in [1.54, 1.807) is 0 Å². The van der Waals surface area contributed by atoms with Crippen molar-refractivity contribution in [2.75, 3.05) is 6.54 Å². The van der Waals surface area contributed by atoms with Gasteiger partial charge in [0.15, 0.2) is 0 Å². The van der Waals surface area contributed by atoms with Crippen molar-refractivity contribution < 1.29 is 0 Å². The van der Waals surface area contributed by atoms with Crippen LogP contribution in [0, 0.1) is 6.92 Å². The summed E-state index contributed by atoms with van der Waals surface area (Å²) in [6.45, 7) is 2.73. The van der Waals surface area contributed by atoms with Crippen molar-refractivity contribution in [3.63, 3.8) is 0 Å². The van der Waals surface area contributed by atoms with E-state index >= 15 is 0 Å². The SMILES string of the molecule is Cc1ccc(C(CN)c2cn(C)c3ccccc23)cc1. The first-order valence-corrected chi connectivity index (χ1v) is 7.01. The summed E-state index contributed by atoms with van der Waals surface area (Å²) >= 11 is 0. The molecule has 1 unspecified atom stereocenters. The maximum Gasteiger partial charge on any atom is 0.0480 e. The lowest BCUT2D eigenvalue weighted by Crippen LogP contribution is -2.13. The Labute approximate surface area is 119 Å². The molecule has 0 spiro atoms.